The van der Waals surface area contributed by atoms with Crippen LogP contribution in [0.25, 0.3) is 0 Å². The lowest BCUT2D eigenvalue weighted by Crippen LogP contribution is -2.29. The summed E-state index contributed by atoms with van der Waals surface area (Å²) in [5.41, 5.74) is 5.82. The Balaban J connectivity index is 1.91. The summed E-state index contributed by atoms with van der Waals surface area (Å²) < 4.78 is 13.3. The molecule has 0 atom stereocenters. The topological polar surface area (TPSA) is 68.0 Å². The van der Waals surface area contributed by atoms with Crippen LogP contribution in [0, 0.1) is 17.7 Å². The van der Waals surface area contributed by atoms with Crippen molar-refractivity contribution in [1.29, 1.82) is 0 Å². The van der Waals surface area contributed by atoms with Crippen LogP contribution in [-0.2, 0) is 4.79 Å². The molecule has 1 saturated carbocycles. The number of nitrogens with one attached hydrogen (secondary N) is 1. The predicted octanol–water partition coefficient (Wildman–Crippen LogP) is 1.92. The minimum Gasteiger partial charge on any atom is -0.330 e. The third kappa shape index (κ3) is 3.04. The van der Waals surface area contributed by atoms with Crippen molar-refractivity contribution in [2.45, 2.75) is 25.7 Å². The number of amides is 1. The number of nitrogens with zero attached hydrogens (tertiary/aromatic N) is 1. The fraction of sp³-hybridized carbons (Fsp3) is 0.538. The molecule has 1 aromatic rings. The predicted molar refractivity (Wildman–Crippen MR) is 67.3 cm³/mol. The molecule has 2 rings (SSSR count). The van der Waals surface area contributed by atoms with Gasteiger partial charge >= 0.3 is 0 Å². The molecule has 1 fully saturated rings. The van der Waals surface area contributed by atoms with Gasteiger partial charge in [0, 0.05) is 12.1 Å². The maximum Gasteiger partial charge on any atom is 0.227 e. The molecule has 5 heteroatoms. The molecule has 0 radical (unpaired) electrons. The number of carbonyl (C=O) groups is 1. The Hall–Kier alpha value is -1.49. The Labute approximate surface area is 106 Å². The Morgan fingerprint density at radius 3 is 2.78 bits per heavy atom. The molecule has 1 heterocycles. The fourth-order valence-electron chi connectivity index (χ4n) is 2.37. The van der Waals surface area contributed by atoms with Crippen LogP contribution in [0.15, 0.2) is 18.5 Å². The number of halogens is 1. The highest BCUT2D eigenvalue weighted by Gasteiger charge is 2.25. The highest BCUT2D eigenvalue weighted by Crippen LogP contribution is 2.29. The van der Waals surface area contributed by atoms with E-state index in [1.54, 1.807) is 0 Å². The van der Waals surface area contributed by atoms with Crippen LogP contribution in [0.4, 0.5) is 10.1 Å². The van der Waals surface area contributed by atoms with Gasteiger partial charge in [0.05, 0.1) is 11.9 Å². The lowest BCUT2D eigenvalue weighted by atomic mass is 9.81. The first-order chi connectivity index (χ1) is 8.70. The number of pyridine rings is 1. The molecular weight excluding hydrogens is 233 g/mol. The summed E-state index contributed by atoms with van der Waals surface area (Å²) in [5, 5.41) is 2.63. The van der Waals surface area contributed by atoms with Crippen molar-refractivity contribution < 1.29 is 9.18 Å². The summed E-state index contributed by atoms with van der Waals surface area (Å²) in [6.45, 7) is 0.688. The van der Waals surface area contributed by atoms with E-state index in [1.807, 2.05) is 0 Å². The number of hydrogen-bond donors (Lipinski definition) is 2. The van der Waals surface area contributed by atoms with Crippen molar-refractivity contribution in [2.24, 2.45) is 17.6 Å². The van der Waals surface area contributed by atoms with Gasteiger partial charge in [-0.05, 0) is 44.2 Å². The Morgan fingerprint density at radius 2 is 2.17 bits per heavy atom. The average molecular weight is 251 g/mol. The smallest absolute Gasteiger partial charge is 0.227 e. The number of rotatable bonds is 3. The Morgan fingerprint density at radius 1 is 1.44 bits per heavy atom. The van der Waals surface area contributed by atoms with Gasteiger partial charge in [-0.15, -0.1) is 0 Å². The quantitative estimate of drug-likeness (QED) is 0.862. The zero-order chi connectivity index (χ0) is 13.0. The molecule has 4 nitrogen and oxygen atoms in total. The van der Waals surface area contributed by atoms with Crippen molar-refractivity contribution in [1.82, 2.24) is 4.98 Å². The molecule has 1 amide bonds. The summed E-state index contributed by atoms with van der Waals surface area (Å²) in [7, 11) is 0. The number of nitrogens with two attached hydrogens (primary N) is 1. The largest absolute Gasteiger partial charge is 0.330 e. The standard InChI is InChI=1S/C13H18FN3O/c14-11-8-16-6-5-12(11)17-13(18)10-3-1-9(7-15)2-4-10/h5-6,8-10H,1-4,7,15H2,(H,16,17,18). The number of anilines is 1. The van der Waals surface area contributed by atoms with Gasteiger partial charge in [0.15, 0.2) is 5.82 Å². The number of hydrogen-bond acceptors (Lipinski definition) is 3. The van der Waals surface area contributed by atoms with Crippen molar-refractivity contribution in [3.05, 3.63) is 24.3 Å². The molecule has 0 bridgehead atoms. The van der Waals surface area contributed by atoms with Gasteiger partial charge in [-0.3, -0.25) is 9.78 Å². The molecule has 18 heavy (non-hydrogen) atoms. The van der Waals surface area contributed by atoms with Gasteiger partial charge in [0.1, 0.15) is 0 Å². The van der Waals surface area contributed by atoms with Crippen molar-refractivity contribution in [3.63, 3.8) is 0 Å². The second-order valence-corrected chi connectivity index (χ2v) is 4.80. The SMILES string of the molecule is NCC1CCC(C(=O)Nc2ccncc2F)CC1. The normalized spacial score (nSPS) is 23.7. The fourth-order valence-corrected chi connectivity index (χ4v) is 2.37. The summed E-state index contributed by atoms with van der Waals surface area (Å²) in [6, 6.07) is 1.47. The van der Waals surface area contributed by atoms with Gasteiger partial charge in [0.25, 0.3) is 0 Å². The van der Waals surface area contributed by atoms with Crippen LogP contribution in [0.1, 0.15) is 25.7 Å². The minimum absolute atomic E-state index is 0.0274. The maximum absolute atomic E-state index is 13.3. The minimum atomic E-state index is -0.499. The van der Waals surface area contributed by atoms with Gasteiger partial charge in [-0.2, -0.15) is 0 Å². The summed E-state index contributed by atoms with van der Waals surface area (Å²) in [5.74, 6) is -0.0934. The third-order valence-electron chi connectivity index (χ3n) is 3.58. The molecule has 98 valence electrons. The monoisotopic (exact) mass is 251 g/mol. The summed E-state index contributed by atoms with van der Waals surface area (Å²) >= 11 is 0. The van der Waals surface area contributed by atoms with Crippen LogP contribution in [0.3, 0.4) is 0 Å². The first-order valence-electron chi connectivity index (χ1n) is 6.31. The van der Waals surface area contributed by atoms with E-state index in [2.05, 4.69) is 10.3 Å². The van der Waals surface area contributed by atoms with E-state index in [0.29, 0.717) is 12.5 Å². The zero-order valence-corrected chi connectivity index (χ0v) is 10.2. The van der Waals surface area contributed by atoms with Crippen molar-refractivity contribution >= 4 is 11.6 Å². The van der Waals surface area contributed by atoms with E-state index < -0.39 is 5.82 Å². The molecule has 0 spiro atoms. The molecule has 0 aliphatic heterocycles. The van der Waals surface area contributed by atoms with Crippen LogP contribution in [0.5, 0.6) is 0 Å². The number of carbonyl (C=O) groups excluding carboxylic acids is 1. The maximum atomic E-state index is 13.3. The van der Waals surface area contributed by atoms with Crippen molar-refractivity contribution in [3.8, 4) is 0 Å². The highest BCUT2D eigenvalue weighted by molar-refractivity contribution is 5.92. The van der Waals surface area contributed by atoms with E-state index in [0.717, 1.165) is 31.9 Å². The van der Waals surface area contributed by atoms with Crippen LogP contribution < -0.4 is 11.1 Å². The van der Waals surface area contributed by atoms with Gasteiger partial charge < -0.3 is 11.1 Å². The van der Waals surface area contributed by atoms with Crippen LogP contribution >= 0.6 is 0 Å². The van der Waals surface area contributed by atoms with E-state index in [4.69, 9.17) is 5.73 Å². The molecule has 0 saturated heterocycles. The van der Waals surface area contributed by atoms with Gasteiger partial charge in [-0.25, -0.2) is 4.39 Å². The first-order valence-corrected chi connectivity index (χ1v) is 6.31. The molecule has 3 N–H and O–H groups in total. The first kappa shape index (κ1) is 13.0. The summed E-state index contributed by atoms with van der Waals surface area (Å²) in [4.78, 5) is 15.6. The van der Waals surface area contributed by atoms with E-state index in [9.17, 15) is 9.18 Å². The Bertz CT molecular complexity index is 416. The van der Waals surface area contributed by atoms with Crippen LogP contribution in [0.2, 0.25) is 0 Å². The van der Waals surface area contributed by atoms with Crippen LogP contribution in [-0.4, -0.2) is 17.4 Å². The lowest BCUT2D eigenvalue weighted by molar-refractivity contribution is -0.121. The molecule has 0 unspecified atom stereocenters. The molecule has 1 aromatic heterocycles. The lowest BCUT2D eigenvalue weighted by Gasteiger charge is -2.26. The second kappa shape index (κ2) is 5.91. The molecule has 1 aliphatic carbocycles. The second-order valence-electron chi connectivity index (χ2n) is 4.80. The zero-order valence-electron chi connectivity index (χ0n) is 10.2. The van der Waals surface area contributed by atoms with E-state index in [1.165, 1.54) is 12.3 Å². The van der Waals surface area contributed by atoms with Gasteiger partial charge in [-0.1, -0.05) is 0 Å². The number of aromatic nitrogens is 1. The summed E-state index contributed by atoms with van der Waals surface area (Å²) in [6.07, 6.45) is 6.19. The van der Waals surface area contributed by atoms with E-state index >= 15 is 0 Å². The van der Waals surface area contributed by atoms with Gasteiger partial charge in [0.2, 0.25) is 5.91 Å². The van der Waals surface area contributed by atoms with E-state index in [-0.39, 0.29) is 17.5 Å². The molecule has 1 aliphatic rings. The molecular formula is C13H18FN3O. The highest BCUT2D eigenvalue weighted by atomic mass is 19.1. The third-order valence-corrected chi connectivity index (χ3v) is 3.58. The Kier molecular flexibility index (Phi) is 4.25. The molecule has 0 aromatic carbocycles. The van der Waals surface area contributed by atoms with Crippen molar-refractivity contribution in [2.75, 3.05) is 11.9 Å². The average Bonchev–Trinajstić information content (AvgIpc) is 2.41.